The Bertz CT molecular complexity index is 637. The van der Waals surface area contributed by atoms with Crippen LogP contribution < -0.4 is 5.73 Å². The number of nitrogen functional groups attached to an aromatic ring is 1. The smallest absolute Gasteiger partial charge is 0.145 e. The van der Waals surface area contributed by atoms with Gasteiger partial charge in [-0.3, -0.25) is 4.90 Å². The molecule has 0 aliphatic heterocycles. The summed E-state index contributed by atoms with van der Waals surface area (Å²) in [5, 5.41) is 11.3. The number of benzene rings is 1. The van der Waals surface area contributed by atoms with Gasteiger partial charge in [0, 0.05) is 11.9 Å². The standard InChI is InChI=1S/C16H22N4O/c1-20(11-16(21)8-4-5-9-16)10-14-18-13-7-3-2-6-12(13)15(17)19-14/h2-3,6-7,21H,4-5,8-11H2,1H3,(H2,17,18,19). The van der Waals surface area contributed by atoms with Crippen LogP contribution in [0.15, 0.2) is 24.3 Å². The van der Waals surface area contributed by atoms with Crippen LogP contribution in [-0.4, -0.2) is 39.2 Å². The van der Waals surface area contributed by atoms with E-state index in [2.05, 4.69) is 14.9 Å². The molecule has 1 fully saturated rings. The molecule has 0 radical (unpaired) electrons. The predicted octanol–water partition coefficient (Wildman–Crippen LogP) is 1.95. The number of hydrogen-bond acceptors (Lipinski definition) is 5. The molecule has 1 saturated carbocycles. The van der Waals surface area contributed by atoms with Crippen LogP contribution in [0.1, 0.15) is 31.5 Å². The van der Waals surface area contributed by atoms with Crippen molar-refractivity contribution in [2.75, 3.05) is 19.3 Å². The number of anilines is 1. The van der Waals surface area contributed by atoms with E-state index in [9.17, 15) is 5.11 Å². The van der Waals surface area contributed by atoms with E-state index in [-0.39, 0.29) is 0 Å². The van der Waals surface area contributed by atoms with Crippen LogP contribution in [-0.2, 0) is 6.54 Å². The normalized spacial score (nSPS) is 17.7. The van der Waals surface area contributed by atoms with Gasteiger partial charge in [-0.2, -0.15) is 0 Å². The maximum absolute atomic E-state index is 10.5. The van der Waals surface area contributed by atoms with Crippen molar-refractivity contribution in [3.05, 3.63) is 30.1 Å². The number of hydrogen-bond donors (Lipinski definition) is 2. The topological polar surface area (TPSA) is 75.3 Å². The van der Waals surface area contributed by atoms with Gasteiger partial charge >= 0.3 is 0 Å². The summed E-state index contributed by atoms with van der Waals surface area (Å²) in [6, 6.07) is 7.76. The van der Waals surface area contributed by atoms with Crippen LogP contribution in [0, 0.1) is 0 Å². The minimum atomic E-state index is -0.545. The fraction of sp³-hybridized carbons (Fsp3) is 0.500. The summed E-state index contributed by atoms with van der Waals surface area (Å²) in [5.41, 5.74) is 6.33. The summed E-state index contributed by atoms with van der Waals surface area (Å²) in [7, 11) is 1.99. The number of aromatic nitrogens is 2. The molecule has 0 bridgehead atoms. The number of aliphatic hydroxyl groups is 1. The first kappa shape index (κ1) is 14.2. The van der Waals surface area contributed by atoms with E-state index < -0.39 is 5.60 Å². The van der Waals surface area contributed by atoms with Crippen LogP contribution in [0.5, 0.6) is 0 Å². The van der Waals surface area contributed by atoms with Gasteiger partial charge in [-0.1, -0.05) is 25.0 Å². The van der Waals surface area contributed by atoms with Crippen molar-refractivity contribution in [3.8, 4) is 0 Å². The molecule has 0 saturated heterocycles. The lowest BCUT2D eigenvalue weighted by Crippen LogP contribution is -2.39. The van der Waals surface area contributed by atoms with Crippen molar-refractivity contribution in [3.63, 3.8) is 0 Å². The summed E-state index contributed by atoms with van der Waals surface area (Å²) < 4.78 is 0. The molecule has 5 heteroatoms. The zero-order valence-corrected chi connectivity index (χ0v) is 12.4. The van der Waals surface area contributed by atoms with Gasteiger partial charge < -0.3 is 10.8 Å². The van der Waals surface area contributed by atoms with Gasteiger partial charge in [0.1, 0.15) is 11.6 Å². The summed E-state index contributed by atoms with van der Waals surface area (Å²) in [5.74, 6) is 1.22. The maximum Gasteiger partial charge on any atom is 0.145 e. The monoisotopic (exact) mass is 286 g/mol. The van der Waals surface area contributed by atoms with Crippen LogP contribution in [0.4, 0.5) is 5.82 Å². The van der Waals surface area contributed by atoms with Crippen LogP contribution in [0.3, 0.4) is 0 Å². The first-order valence-electron chi connectivity index (χ1n) is 7.48. The maximum atomic E-state index is 10.5. The molecule has 3 rings (SSSR count). The number of rotatable bonds is 4. The summed E-state index contributed by atoms with van der Waals surface area (Å²) in [6.45, 7) is 1.25. The fourth-order valence-electron chi connectivity index (χ4n) is 3.21. The number of nitrogens with two attached hydrogens (primary N) is 1. The Hall–Kier alpha value is -1.72. The van der Waals surface area contributed by atoms with Gasteiger partial charge in [0.05, 0.1) is 17.7 Å². The highest BCUT2D eigenvalue weighted by Gasteiger charge is 2.32. The van der Waals surface area contributed by atoms with Crippen LogP contribution in [0.25, 0.3) is 10.9 Å². The predicted molar refractivity (Wildman–Crippen MR) is 83.7 cm³/mol. The second-order valence-corrected chi connectivity index (χ2v) is 6.15. The second kappa shape index (κ2) is 5.58. The van der Waals surface area contributed by atoms with E-state index in [0.29, 0.717) is 24.7 Å². The van der Waals surface area contributed by atoms with Crippen LogP contribution in [0.2, 0.25) is 0 Å². The molecule has 1 heterocycles. The van der Waals surface area contributed by atoms with Crippen molar-refractivity contribution in [2.24, 2.45) is 0 Å². The Labute approximate surface area is 124 Å². The molecule has 2 aromatic rings. The Morgan fingerprint density at radius 1 is 1.24 bits per heavy atom. The summed E-state index contributed by atoms with van der Waals surface area (Å²) in [6.07, 6.45) is 4.00. The molecule has 0 spiro atoms. The van der Waals surface area contributed by atoms with E-state index in [0.717, 1.165) is 36.6 Å². The van der Waals surface area contributed by atoms with E-state index in [1.807, 2.05) is 31.3 Å². The molecular weight excluding hydrogens is 264 g/mol. The quantitative estimate of drug-likeness (QED) is 0.898. The minimum absolute atomic E-state index is 0.517. The van der Waals surface area contributed by atoms with Crippen molar-refractivity contribution in [2.45, 2.75) is 37.8 Å². The average Bonchev–Trinajstić information content (AvgIpc) is 2.85. The Kier molecular flexibility index (Phi) is 3.78. The van der Waals surface area contributed by atoms with Gasteiger partial charge in [-0.15, -0.1) is 0 Å². The molecule has 3 N–H and O–H groups in total. The largest absolute Gasteiger partial charge is 0.389 e. The molecular formula is C16H22N4O. The first-order valence-corrected chi connectivity index (χ1v) is 7.48. The van der Waals surface area contributed by atoms with Crippen molar-refractivity contribution in [1.29, 1.82) is 0 Å². The number of fused-ring (bicyclic) bond motifs is 1. The molecule has 1 aliphatic carbocycles. The zero-order chi connectivity index (χ0) is 14.9. The minimum Gasteiger partial charge on any atom is -0.389 e. The molecule has 1 aromatic carbocycles. The molecule has 5 nitrogen and oxygen atoms in total. The lowest BCUT2D eigenvalue weighted by molar-refractivity contribution is 0.0140. The molecule has 1 aliphatic rings. The average molecular weight is 286 g/mol. The third-order valence-electron chi connectivity index (χ3n) is 4.19. The van der Waals surface area contributed by atoms with E-state index >= 15 is 0 Å². The summed E-state index contributed by atoms with van der Waals surface area (Å²) >= 11 is 0. The lowest BCUT2D eigenvalue weighted by Gasteiger charge is -2.28. The van der Waals surface area contributed by atoms with Crippen LogP contribution >= 0.6 is 0 Å². The molecule has 112 valence electrons. The van der Waals surface area contributed by atoms with Crippen molar-refractivity contribution in [1.82, 2.24) is 14.9 Å². The lowest BCUT2D eigenvalue weighted by atomic mass is 10.0. The highest BCUT2D eigenvalue weighted by molar-refractivity contribution is 5.87. The van der Waals surface area contributed by atoms with Crippen molar-refractivity contribution < 1.29 is 5.11 Å². The van der Waals surface area contributed by atoms with Gasteiger partial charge in [-0.25, -0.2) is 9.97 Å². The third-order valence-corrected chi connectivity index (χ3v) is 4.19. The Morgan fingerprint density at radius 2 is 1.95 bits per heavy atom. The van der Waals surface area contributed by atoms with Gasteiger partial charge in [0.25, 0.3) is 0 Å². The SMILES string of the molecule is CN(Cc1nc(N)c2ccccc2n1)CC1(O)CCCC1. The van der Waals surface area contributed by atoms with Gasteiger partial charge in [-0.05, 0) is 32.0 Å². The van der Waals surface area contributed by atoms with E-state index in [1.54, 1.807) is 0 Å². The molecule has 0 amide bonds. The van der Waals surface area contributed by atoms with E-state index in [1.165, 1.54) is 0 Å². The fourth-order valence-corrected chi connectivity index (χ4v) is 3.21. The van der Waals surface area contributed by atoms with E-state index in [4.69, 9.17) is 5.73 Å². The highest BCUT2D eigenvalue weighted by Crippen LogP contribution is 2.30. The molecule has 21 heavy (non-hydrogen) atoms. The number of likely N-dealkylation sites (N-methyl/N-ethyl adjacent to an activating group) is 1. The Balaban J connectivity index is 1.75. The van der Waals surface area contributed by atoms with Gasteiger partial charge in [0.15, 0.2) is 0 Å². The first-order chi connectivity index (χ1) is 10.1. The molecule has 0 unspecified atom stereocenters. The molecule has 0 atom stereocenters. The molecule has 1 aromatic heterocycles. The highest BCUT2D eigenvalue weighted by atomic mass is 16.3. The third kappa shape index (κ3) is 3.14. The Morgan fingerprint density at radius 3 is 2.71 bits per heavy atom. The zero-order valence-electron chi connectivity index (χ0n) is 12.4. The van der Waals surface area contributed by atoms with Gasteiger partial charge in [0.2, 0.25) is 0 Å². The number of nitrogens with zero attached hydrogens (tertiary/aromatic N) is 3. The van der Waals surface area contributed by atoms with Crippen molar-refractivity contribution >= 4 is 16.7 Å². The summed E-state index contributed by atoms with van der Waals surface area (Å²) in [4.78, 5) is 11.0. The number of para-hydroxylation sites is 1. The second-order valence-electron chi connectivity index (χ2n) is 6.15.